The van der Waals surface area contributed by atoms with Gasteiger partial charge in [0.05, 0.1) is 0 Å². The molecule has 1 saturated heterocycles. The van der Waals surface area contributed by atoms with Gasteiger partial charge in [0.2, 0.25) is 11.5 Å². The van der Waals surface area contributed by atoms with Crippen LogP contribution in [0.5, 0.6) is 5.75 Å². The number of rotatable bonds is 6. The number of amides is 1. The minimum absolute atomic E-state index is 0.0179. The number of carboxylic acids is 1. The van der Waals surface area contributed by atoms with E-state index in [1.807, 2.05) is 12.1 Å². The average Bonchev–Trinajstić information content (AvgIpc) is 2.69. The third kappa shape index (κ3) is 4.77. The maximum absolute atomic E-state index is 12.5. The number of carboxylic acid groups (broad SMARTS) is 1. The molecule has 1 aliphatic rings. The number of aromatic nitrogens is 1. The van der Waals surface area contributed by atoms with Gasteiger partial charge in [0, 0.05) is 49.8 Å². The zero-order valence-corrected chi connectivity index (χ0v) is 15.6. The molecule has 0 radical (unpaired) electrons. The molecular weight excluding hydrogens is 368 g/mol. The van der Waals surface area contributed by atoms with Crippen molar-refractivity contribution < 1.29 is 19.4 Å². The monoisotopic (exact) mass is 388 g/mol. The summed E-state index contributed by atoms with van der Waals surface area (Å²) in [5.41, 5.74) is -0.317. The minimum atomic E-state index is -1.33. The van der Waals surface area contributed by atoms with Gasteiger partial charge in [-0.2, -0.15) is 0 Å². The lowest BCUT2D eigenvalue weighted by molar-refractivity contribution is -0.161. The van der Waals surface area contributed by atoms with Crippen LogP contribution in [-0.2, 0) is 16.0 Å². The first-order valence-electron chi connectivity index (χ1n) is 8.83. The average molecular weight is 389 g/mol. The van der Waals surface area contributed by atoms with E-state index in [4.69, 9.17) is 16.3 Å². The molecule has 2 heterocycles. The summed E-state index contributed by atoms with van der Waals surface area (Å²) in [7, 11) is 0. The van der Waals surface area contributed by atoms with E-state index in [0.717, 1.165) is 5.56 Å². The van der Waals surface area contributed by atoms with Crippen molar-refractivity contribution in [1.82, 2.24) is 9.88 Å². The Morgan fingerprint density at radius 3 is 2.48 bits per heavy atom. The van der Waals surface area contributed by atoms with E-state index in [1.165, 1.54) is 0 Å². The predicted molar refractivity (Wildman–Crippen MR) is 101 cm³/mol. The van der Waals surface area contributed by atoms with Crippen molar-refractivity contribution in [3.8, 4) is 5.75 Å². The van der Waals surface area contributed by atoms with Gasteiger partial charge in [0.25, 0.3) is 0 Å². The molecule has 6 nitrogen and oxygen atoms in total. The highest BCUT2D eigenvalue weighted by Crippen LogP contribution is 2.30. The summed E-state index contributed by atoms with van der Waals surface area (Å²) in [5.74, 6) is -0.539. The van der Waals surface area contributed by atoms with Crippen molar-refractivity contribution in [2.24, 2.45) is 0 Å². The van der Waals surface area contributed by atoms with Crippen LogP contribution in [0.4, 0.5) is 0 Å². The number of benzene rings is 1. The number of halogens is 1. The van der Waals surface area contributed by atoms with Crippen molar-refractivity contribution in [3.05, 3.63) is 59.4 Å². The molecule has 0 unspecified atom stereocenters. The Bertz CT molecular complexity index is 787. The van der Waals surface area contributed by atoms with E-state index in [1.54, 1.807) is 41.6 Å². The summed E-state index contributed by atoms with van der Waals surface area (Å²) in [4.78, 5) is 30.1. The number of carbonyl (C=O) groups is 2. The topological polar surface area (TPSA) is 79.7 Å². The van der Waals surface area contributed by atoms with Gasteiger partial charge in [-0.25, -0.2) is 4.79 Å². The third-order valence-electron chi connectivity index (χ3n) is 4.79. The van der Waals surface area contributed by atoms with E-state index in [2.05, 4.69) is 4.98 Å². The Morgan fingerprint density at radius 1 is 1.19 bits per heavy atom. The maximum Gasteiger partial charge on any atom is 0.348 e. The first kappa shape index (κ1) is 19.2. The molecule has 0 atom stereocenters. The summed E-state index contributed by atoms with van der Waals surface area (Å²) in [6.45, 7) is 0.706. The standard InChI is InChI=1S/C20H21ClN2O4/c21-16-4-6-17(7-5-16)27-20(19(25)26)9-12-23(13-10-20)18(24)8-3-15-2-1-11-22-14-15/h1-2,4-7,11,14H,3,8-10,12-13H2,(H,25,26). The summed E-state index contributed by atoms with van der Waals surface area (Å²) < 4.78 is 5.81. The SMILES string of the molecule is O=C(CCc1cccnc1)N1CCC(Oc2ccc(Cl)cc2)(C(=O)O)CC1. The van der Waals surface area contributed by atoms with Crippen LogP contribution in [-0.4, -0.2) is 45.6 Å². The van der Waals surface area contributed by atoms with Crippen molar-refractivity contribution in [3.63, 3.8) is 0 Å². The van der Waals surface area contributed by atoms with E-state index < -0.39 is 11.6 Å². The van der Waals surface area contributed by atoms with Crippen LogP contribution in [0.2, 0.25) is 5.02 Å². The molecule has 0 bridgehead atoms. The fourth-order valence-corrected chi connectivity index (χ4v) is 3.29. The zero-order chi connectivity index (χ0) is 19.3. The van der Waals surface area contributed by atoms with Crippen LogP contribution in [0.15, 0.2) is 48.8 Å². The van der Waals surface area contributed by atoms with Gasteiger partial charge in [-0.1, -0.05) is 17.7 Å². The molecule has 27 heavy (non-hydrogen) atoms. The number of pyridine rings is 1. The highest BCUT2D eigenvalue weighted by molar-refractivity contribution is 6.30. The van der Waals surface area contributed by atoms with Crippen molar-refractivity contribution in [1.29, 1.82) is 0 Å². The van der Waals surface area contributed by atoms with Crippen molar-refractivity contribution in [2.75, 3.05) is 13.1 Å². The Labute approximate surface area is 162 Å². The van der Waals surface area contributed by atoms with Crippen molar-refractivity contribution in [2.45, 2.75) is 31.3 Å². The normalized spacial score (nSPS) is 16.0. The predicted octanol–water partition coefficient (Wildman–Crippen LogP) is 3.19. The maximum atomic E-state index is 12.5. The molecule has 1 aromatic carbocycles. The zero-order valence-electron chi connectivity index (χ0n) is 14.8. The Hall–Kier alpha value is -2.60. The second-order valence-corrected chi connectivity index (χ2v) is 7.03. The lowest BCUT2D eigenvalue weighted by atomic mass is 9.90. The smallest absolute Gasteiger partial charge is 0.348 e. The molecule has 3 rings (SSSR count). The molecule has 142 valence electrons. The Balaban J connectivity index is 1.58. The number of ether oxygens (including phenoxy) is 1. The lowest BCUT2D eigenvalue weighted by Crippen LogP contribution is -2.54. The number of aliphatic carboxylic acids is 1. The molecule has 1 aliphatic heterocycles. The fourth-order valence-electron chi connectivity index (χ4n) is 3.16. The molecule has 7 heteroatoms. The van der Waals surface area contributed by atoms with Crippen LogP contribution in [0.25, 0.3) is 0 Å². The lowest BCUT2D eigenvalue weighted by Gasteiger charge is -2.39. The van der Waals surface area contributed by atoms with Gasteiger partial charge in [0.1, 0.15) is 5.75 Å². The second kappa shape index (κ2) is 8.39. The first-order chi connectivity index (χ1) is 13.0. The number of hydrogen-bond donors (Lipinski definition) is 1. The van der Waals surface area contributed by atoms with Gasteiger partial charge in [0.15, 0.2) is 0 Å². The second-order valence-electron chi connectivity index (χ2n) is 6.60. The first-order valence-corrected chi connectivity index (χ1v) is 9.21. The largest absolute Gasteiger partial charge is 0.478 e. The highest BCUT2D eigenvalue weighted by atomic mass is 35.5. The summed E-state index contributed by atoms with van der Waals surface area (Å²) in [6.07, 6.45) is 4.92. The number of piperidine rings is 1. The fraction of sp³-hybridized carbons (Fsp3) is 0.350. The molecule has 1 fully saturated rings. The van der Waals surface area contributed by atoms with Crippen LogP contribution >= 0.6 is 11.6 Å². The van der Waals surface area contributed by atoms with Gasteiger partial charge in [-0.15, -0.1) is 0 Å². The number of hydrogen-bond acceptors (Lipinski definition) is 4. The molecule has 0 aliphatic carbocycles. The minimum Gasteiger partial charge on any atom is -0.478 e. The van der Waals surface area contributed by atoms with Gasteiger partial charge >= 0.3 is 5.97 Å². The van der Waals surface area contributed by atoms with E-state index in [9.17, 15) is 14.7 Å². The van der Waals surface area contributed by atoms with Gasteiger partial charge < -0.3 is 14.7 Å². The van der Waals surface area contributed by atoms with E-state index >= 15 is 0 Å². The quantitative estimate of drug-likeness (QED) is 0.822. The van der Waals surface area contributed by atoms with Crippen LogP contribution in [0.3, 0.4) is 0 Å². The molecular formula is C20H21ClN2O4. The molecule has 1 amide bonds. The molecule has 2 aromatic rings. The van der Waals surface area contributed by atoms with Crippen LogP contribution in [0, 0.1) is 0 Å². The Kier molecular flexibility index (Phi) is 5.96. The van der Waals surface area contributed by atoms with Gasteiger partial charge in [-0.3, -0.25) is 9.78 Å². The summed E-state index contributed by atoms with van der Waals surface area (Å²) >= 11 is 5.86. The third-order valence-corrected chi connectivity index (χ3v) is 5.04. The van der Waals surface area contributed by atoms with Crippen LogP contribution < -0.4 is 4.74 Å². The Morgan fingerprint density at radius 2 is 1.89 bits per heavy atom. The number of nitrogens with zero attached hydrogens (tertiary/aromatic N) is 2. The highest BCUT2D eigenvalue weighted by Gasteiger charge is 2.44. The van der Waals surface area contributed by atoms with Crippen molar-refractivity contribution >= 4 is 23.5 Å². The van der Waals surface area contributed by atoms with Crippen LogP contribution in [0.1, 0.15) is 24.8 Å². The number of likely N-dealkylation sites (tertiary alicyclic amines) is 1. The molecule has 0 saturated carbocycles. The molecule has 0 spiro atoms. The van der Waals surface area contributed by atoms with Gasteiger partial charge in [-0.05, 0) is 42.3 Å². The molecule has 1 N–H and O–H groups in total. The summed E-state index contributed by atoms with van der Waals surface area (Å²) in [6, 6.07) is 10.4. The summed E-state index contributed by atoms with van der Waals surface area (Å²) in [5, 5.41) is 10.3. The molecule has 1 aromatic heterocycles. The number of aryl methyl sites for hydroxylation is 1. The van der Waals surface area contributed by atoms with E-state index in [-0.39, 0.29) is 18.7 Å². The van der Waals surface area contributed by atoms with E-state index in [0.29, 0.717) is 36.7 Å². The number of carbonyl (C=O) groups excluding carboxylic acids is 1.